The van der Waals surface area contributed by atoms with Crippen LogP contribution in [0.2, 0.25) is 0 Å². The highest BCUT2D eigenvalue weighted by atomic mass is 19.1. The first-order valence-corrected chi connectivity index (χ1v) is 11.8. The van der Waals surface area contributed by atoms with Crippen LogP contribution in [0.5, 0.6) is 5.75 Å². The van der Waals surface area contributed by atoms with Gasteiger partial charge >= 0.3 is 0 Å². The van der Waals surface area contributed by atoms with Crippen LogP contribution in [-0.4, -0.2) is 100.0 Å². The summed E-state index contributed by atoms with van der Waals surface area (Å²) in [7, 11) is 6.21. The topological polar surface area (TPSA) is 194 Å². The highest BCUT2D eigenvalue weighted by molar-refractivity contribution is 6.24. The van der Waals surface area contributed by atoms with E-state index in [1.165, 1.54) is 23.9 Å². The van der Waals surface area contributed by atoms with E-state index in [-0.39, 0.29) is 36.1 Å². The lowest BCUT2D eigenvalue weighted by molar-refractivity contribution is -0.153. The van der Waals surface area contributed by atoms with Gasteiger partial charge in [0, 0.05) is 11.5 Å². The molecule has 3 aliphatic carbocycles. The number of phenols is 1. The van der Waals surface area contributed by atoms with Crippen LogP contribution < -0.4 is 11.1 Å². The summed E-state index contributed by atoms with van der Waals surface area (Å²) in [6.07, 6.45) is -0.180. The number of nitrogens with two attached hydrogens (primary N) is 1. The lowest BCUT2D eigenvalue weighted by atomic mass is 9.57. The molecule has 1 saturated carbocycles. The van der Waals surface area contributed by atoms with Gasteiger partial charge in [0.25, 0.3) is 5.91 Å². The maximum atomic E-state index is 15.0. The van der Waals surface area contributed by atoms with Crippen LogP contribution in [-0.2, 0) is 25.6 Å². The van der Waals surface area contributed by atoms with Gasteiger partial charge in [0.15, 0.2) is 23.0 Å². The summed E-state index contributed by atoms with van der Waals surface area (Å²) in [4.78, 5) is 54.0. The van der Waals surface area contributed by atoms with Gasteiger partial charge in [0.05, 0.1) is 18.2 Å². The maximum absolute atomic E-state index is 15.0. The number of phenolic OH excluding ortho intramolecular Hbond substituents is 1. The van der Waals surface area contributed by atoms with Crippen molar-refractivity contribution in [2.75, 3.05) is 40.1 Å². The van der Waals surface area contributed by atoms with Crippen LogP contribution in [0.4, 0.5) is 10.1 Å². The summed E-state index contributed by atoms with van der Waals surface area (Å²) >= 11 is 0. The highest BCUT2D eigenvalue weighted by Gasteiger charge is 2.64. The van der Waals surface area contributed by atoms with Crippen LogP contribution >= 0.6 is 0 Å². The predicted octanol–water partition coefficient (Wildman–Crippen LogP) is -0.397. The fraction of sp³-hybridized carbons (Fsp3) is 0.440. The van der Waals surface area contributed by atoms with Gasteiger partial charge in [0.1, 0.15) is 22.8 Å². The Balaban J connectivity index is 1.89. The number of aliphatic hydroxyl groups is 3. The van der Waals surface area contributed by atoms with Gasteiger partial charge in [-0.1, -0.05) is 0 Å². The molecule has 0 saturated heterocycles. The monoisotopic (exact) mass is 532 g/mol. The fourth-order valence-electron chi connectivity index (χ4n) is 5.85. The van der Waals surface area contributed by atoms with Gasteiger partial charge in [-0.3, -0.25) is 24.1 Å². The number of benzene rings is 1. The number of rotatable bonds is 5. The van der Waals surface area contributed by atoms with E-state index < -0.39 is 81.2 Å². The second-order valence-electron chi connectivity index (χ2n) is 10.4. The highest BCUT2D eigenvalue weighted by Crippen LogP contribution is 2.53. The van der Waals surface area contributed by atoms with Crippen LogP contribution in [0.1, 0.15) is 17.5 Å². The molecule has 4 rings (SSSR count). The molecule has 0 aliphatic heterocycles. The largest absolute Gasteiger partial charge is 0.508 e. The third kappa shape index (κ3) is 3.85. The van der Waals surface area contributed by atoms with Gasteiger partial charge < -0.3 is 36.4 Å². The molecule has 204 valence electrons. The van der Waals surface area contributed by atoms with Crippen molar-refractivity contribution < 1.29 is 44.0 Å². The number of primary amides is 1. The zero-order chi connectivity index (χ0) is 28.4. The predicted molar refractivity (Wildman–Crippen MR) is 131 cm³/mol. The van der Waals surface area contributed by atoms with Crippen molar-refractivity contribution in [3.8, 4) is 5.75 Å². The van der Waals surface area contributed by atoms with Gasteiger partial charge in [-0.15, -0.1) is 0 Å². The third-order valence-corrected chi connectivity index (χ3v) is 7.39. The number of carbonyl (C=O) groups excluding carboxylic acids is 4. The molecule has 0 radical (unpaired) electrons. The number of anilines is 1. The molecule has 13 heteroatoms. The molecule has 7 N–H and O–H groups in total. The minimum atomic E-state index is -2.77. The van der Waals surface area contributed by atoms with Crippen LogP contribution in [0, 0.1) is 17.7 Å². The first-order valence-electron chi connectivity index (χ1n) is 11.8. The molecule has 0 spiro atoms. The molecule has 1 aromatic carbocycles. The summed E-state index contributed by atoms with van der Waals surface area (Å²) < 4.78 is 15.0. The number of ketones is 2. The van der Waals surface area contributed by atoms with E-state index in [0.29, 0.717) is 0 Å². The number of likely N-dealkylation sites (N-methyl/N-ethyl adjacent to an activating group) is 2. The van der Waals surface area contributed by atoms with Crippen molar-refractivity contribution in [2.24, 2.45) is 17.6 Å². The van der Waals surface area contributed by atoms with E-state index in [2.05, 4.69) is 5.32 Å². The zero-order valence-electron chi connectivity index (χ0n) is 21.2. The van der Waals surface area contributed by atoms with Crippen molar-refractivity contribution >= 4 is 34.8 Å². The minimum Gasteiger partial charge on any atom is -0.508 e. The molecular weight excluding hydrogens is 503 g/mol. The van der Waals surface area contributed by atoms with E-state index in [9.17, 15) is 44.0 Å². The number of hydrogen-bond donors (Lipinski definition) is 6. The van der Waals surface area contributed by atoms with Crippen molar-refractivity contribution in [2.45, 2.75) is 24.5 Å². The third-order valence-electron chi connectivity index (χ3n) is 7.39. The second-order valence-corrected chi connectivity index (χ2v) is 10.4. The van der Waals surface area contributed by atoms with E-state index in [0.717, 1.165) is 6.07 Å². The summed E-state index contributed by atoms with van der Waals surface area (Å²) in [6, 6.07) is -0.191. The molecule has 0 bridgehead atoms. The molecule has 3 aliphatic rings. The van der Waals surface area contributed by atoms with Crippen molar-refractivity contribution in [1.29, 1.82) is 0 Å². The standard InChI is InChI=1S/C25H29FN4O8/c1-29(2)8-13(31)28-17-12(26)7-10-5-9-6-11-18(30(3)4)21(34)16(24(27)37)23(36)25(11,38)22(35)15(9)19(32)14(10)20(17)33/h7,9,11,18,32-33,36,38H,5-6,8H2,1-4H3,(H2,27,37)(H,28,31)/t9?,11?,18-,25-/m0/s1. The van der Waals surface area contributed by atoms with E-state index >= 15 is 0 Å². The Morgan fingerprint density at radius 2 is 1.82 bits per heavy atom. The lowest BCUT2D eigenvalue weighted by Gasteiger charge is -2.50. The molecule has 38 heavy (non-hydrogen) atoms. The number of nitrogens with zero attached hydrogens (tertiary/aromatic N) is 2. The smallest absolute Gasteiger partial charge is 0.255 e. The number of fused-ring (bicyclic) bond motifs is 3. The minimum absolute atomic E-state index is 0.0645. The number of hydrogen-bond acceptors (Lipinski definition) is 10. The number of carbonyl (C=O) groups is 4. The molecule has 1 fully saturated rings. The molecule has 2 amide bonds. The van der Waals surface area contributed by atoms with Gasteiger partial charge in [-0.05, 0) is 58.6 Å². The second kappa shape index (κ2) is 9.19. The maximum Gasteiger partial charge on any atom is 0.255 e. The van der Waals surface area contributed by atoms with Gasteiger partial charge in [-0.2, -0.15) is 0 Å². The zero-order valence-corrected chi connectivity index (χ0v) is 21.2. The van der Waals surface area contributed by atoms with Gasteiger partial charge in [-0.25, -0.2) is 4.39 Å². The molecule has 1 aromatic rings. The number of halogens is 1. The Morgan fingerprint density at radius 1 is 1.18 bits per heavy atom. The summed E-state index contributed by atoms with van der Waals surface area (Å²) in [5, 5.41) is 46.7. The van der Waals surface area contributed by atoms with Crippen LogP contribution in [0.3, 0.4) is 0 Å². The Hall–Kier alpha value is -3.81. The number of aromatic hydroxyl groups is 1. The van der Waals surface area contributed by atoms with Crippen molar-refractivity contribution in [3.05, 3.63) is 39.9 Å². The average molecular weight is 533 g/mol. The van der Waals surface area contributed by atoms with Crippen LogP contribution in [0.25, 0.3) is 5.76 Å². The Bertz CT molecular complexity index is 1350. The Labute approximate surface area is 216 Å². The van der Waals surface area contributed by atoms with E-state index in [4.69, 9.17) is 5.73 Å². The normalized spacial score (nSPS) is 26.9. The Morgan fingerprint density at radius 3 is 2.37 bits per heavy atom. The molecule has 0 aromatic heterocycles. The summed E-state index contributed by atoms with van der Waals surface area (Å²) in [6.45, 7) is -0.127. The van der Waals surface area contributed by atoms with Crippen LogP contribution in [0.15, 0.2) is 23.0 Å². The van der Waals surface area contributed by atoms with Gasteiger partial charge in [0.2, 0.25) is 11.7 Å². The first kappa shape index (κ1) is 27.2. The molecule has 0 heterocycles. The SMILES string of the molecule is CN(C)CC(=O)Nc1c(F)cc2c(c1O)C(O)=C1C(=O)[C@]3(O)C(O)=C(C(N)=O)C(=O)[C@@H](N(C)C)C3CC1C2. The molecular formula is C25H29FN4O8. The molecule has 2 unspecified atom stereocenters. The average Bonchev–Trinajstić information content (AvgIpc) is 2.78. The number of Topliss-reactive ketones (excluding diaryl/α,β-unsaturated/α-hetero) is 2. The fourth-order valence-corrected chi connectivity index (χ4v) is 5.85. The first-order chi connectivity index (χ1) is 17.6. The van der Waals surface area contributed by atoms with E-state index in [1.807, 2.05) is 0 Å². The number of nitrogens with one attached hydrogen (secondary N) is 1. The number of amides is 2. The summed E-state index contributed by atoms with van der Waals surface area (Å²) in [5.41, 5.74) is 0.451. The van der Waals surface area contributed by atoms with Crippen molar-refractivity contribution in [1.82, 2.24) is 9.80 Å². The molecule has 4 atom stereocenters. The summed E-state index contributed by atoms with van der Waals surface area (Å²) in [5.74, 6) is -9.84. The quantitative estimate of drug-likeness (QED) is 0.215. The molecule has 12 nitrogen and oxygen atoms in total. The number of aliphatic hydroxyl groups excluding tert-OH is 2. The Kier molecular flexibility index (Phi) is 6.58. The van der Waals surface area contributed by atoms with Crippen molar-refractivity contribution in [3.63, 3.8) is 0 Å². The van der Waals surface area contributed by atoms with E-state index in [1.54, 1.807) is 14.1 Å². The lowest BCUT2D eigenvalue weighted by Crippen LogP contribution is -2.65.